The van der Waals surface area contributed by atoms with Crippen LogP contribution in [0.15, 0.2) is 53.7 Å². The molecule has 2 aromatic rings. The molecular weight excluding hydrogens is 238 g/mol. The maximum Gasteiger partial charge on any atom is 0.156 e. The summed E-state index contributed by atoms with van der Waals surface area (Å²) < 4.78 is 5.65. The van der Waals surface area contributed by atoms with Gasteiger partial charge in [-0.1, -0.05) is 45.0 Å². The van der Waals surface area contributed by atoms with Crippen molar-refractivity contribution < 1.29 is 4.74 Å². The van der Waals surface area contributed by atoms with Gasteiger partial charge in [-0.3, -0.25) is 0 Å². The van der Waals surface area contributed by atoms with Gasteiger partial charge in [0.05, 0.1) is 0 Å². The van der Waals surface area contributed by atoms with Crippen molar-refractivity contribution in [2.75, 3.05) is 0 Å². The number of hydrogen-bond acceptors (Lipinski definition) is 3. The predicted octanol–water partition coefficient (Wildman–Crippen LogP) is 5.47. The maximum absolute atomic E-state index is 10.7. The Hall–Kier alpha value is -2.16. The van der Waals surface area contributed by atoms with Crippen LogP contribution in [0.3, 0.4) is 0 Å². The standard InChI is InChI=1S/C14H13NO2.C2H6/c1-2-11-8-9-13(15-16)14(10-11)17-12-6-4-3-5-7-12;1-2/h3-10H,2H2,1H3;1-2H3. The third-order valence-electron chi connectivity index (χ3n) is 2.50. The zero-order chi connectivity index (χ0) is 14.1. The van der Waals surface area contributed by atoms with Crippen LogP contribution < -0.4 is 4.74 Å². The Kier molecular flexibility index (Phi) is 6.30. The van der Waals surface area contributed by atoms with Gasteiger partial charge in [0.15, 0.2) is 11.4 Å². The fourth-order valence-corrected chi connectivity index (χ4v) is 1.55. The number of para-hydroxylation sites is 1. The van der Waals surface area contributed by atoms with E-state index >= 15 is 0 Å². The summed E-state index contributed by atoms with van der Waals surface area (Å²) in [4.78, 5) is 10.7. The second kappa shape index (κ2) is 8.03. The molecule has 0 bridgehead atoms. The molecule has 2 aromatic carbocycles. The minimum atomic E-state index is 0.325. The summed E-state index contributed by atoms with van der Waals surface area (Å²) in [5.41, 5.74) is 1.44. The van der Waals surface area contributed by atoms with Gasteiger partial charge in [0, 0.05) is 0 Å². The zero-order valence-corrected chi connectivity index (χ0v) is 11.6. The van der Waals surface area contributed by atoms with E-state index in [9.17, 15) is 4.91 Å². The summed E-state index contributed by atoms with van der Waals surface area (Å²) in [5, 5.41) is 2.97. The Labute approximate surface area is 114 Å². The molecule has 100 valence electrons. The topological polar surface area (TPSA) is 38.7 Å². The van der Waals surface area contributed by atoms with Crippen LogP contribution in [0, 0.1) is 4.91 Å². The van der Waals surface area contributed by atoms with Gasteiger partial charge in [-0.15, -0.1) is 4.91 Å². The first kappa shape index (κ1) is 14.9. The van der Waals surface area contributed by atoms with Gasteiger partial charge < -0.3 is 4.74 Å². The van der Waals surface area contributed by atoms with E-state index < -0.39 is 0 Å². The number of nitrogens with zero attached hydrogens (tertiary/aromatic N) is 1. The average Bonchev–Trinajstić information content (AvgIpc) is 2.50. The highest BCUT2D eigenvalue weighted by Crippen LogP contribution is 2.32. The van der Waals surface area contributed by atoms with E-state index in [-0.39, 0.29) is 0 Å². The molecule has 0 N–H and O–H groups in total. The quantitative estimate of drug-likeness (QED) is 0.681. The summed E-state index contributed by atoms with van der Waals surface area (Å²) in [7, 11) is 0. The first-order valence-electron chi connectivity index (χ1n) is 6.52. The van der Waals surface area contributed by atoms with E-state index in [4.69, 9.17) is 4.74 Å². The molecule has 0 aliphatic heterocycles. The molecule has 0 spiro atoms. The van der Waals surface area contributed by atoms with Crippen LogP contribution in [0.25, 0.3) is 0 Å². The Morgan fingerprint density at radius 3 is 2.32 bits per heavy atom. The smallest absolute Gasteiger partial charge is 0.156 e. The first-order valence-corrected chi connectivity index (χ1v) is 6.52. The van der Waals surface area contributed by atoms with Gasteiger partial charge >= 0.3 is 0 Å². The van der Waals surface area contributed by atoms with E-state index in [2.05, 4.69) is 12.1 Å². The number of benzene rings is 2. The van der Waals surface area contributed by atoms with Crippen molar-refractivity contribution in [1.29, 1.82) is 0 Å². The van der Waals surface area contributed by atoms with E-state index in [1.165, 1.54) is 0 Å². The largest absolute Gasteiger partial charge is 0.455 e. The lowest BCUT2D eigenvalue weighted by molar-refractivity contribution is 0.483. The summed E-state index contributed by atoms with van der Waals surface area (Å²) in [6.45, 7) is 6.05. The third kappa shape index (κ3) is 4.21. The van der Waals surface area contributed by atoms with Crippen LogP contribution in [0.1, 0.15) is 26.3 Å². The van der Waals surface area contributed by atoms with Gasteiger partial charge in [0.1, 0.15) is 5.75 Å². The lowest BCUT2D eigenvalue weighted by atomic mass is 10.1. The summed E-state index contributed by atoms with van der Waals surface area (Å²) >= 11 is 0. The highest BCUT2D eigenvalue weighted by Gasteiger charge is 2.06. The Morgan fingerprint density at radius 2 is 1.74 bits per heavy atom. The van der Waals surface area contributed by atoms with Crippen LogP contribution in [0.4, 0.5) is 5.69 Å². The molecule has 0 heterocycles. The molecule has 3 nitrogen and oxygen atoms in total. The Bertz CT molecular complexity index is 509. The average molecular weight is 257 g/mol. The Balaban J connectivity index is 0.000000861. The lowest BCUT2D eigenvalue weighted by Crippen LogP contribution is -1.87. The van der Waals surface area contributed by atoms with Crippen molar-refractivity contribution in [3.63, 3.8) is 0 Å². The minimum Gasteiger partial charge on any atom is -0.455 e. The van der Waals surface area contributed by atoms with Crippen molar-refractivity contribution in [1.82, 2.24) is 0 Å². The molecule has 19 heavy (non-hydrogen) atoms. The fourth-order valence-electron chi connectivity index (χ4n) is 1.55. The second-order valence-electron chi connectivity index (χ2n) is 3.66. The molecule has 0 fully saturated rings. The van der Waals surface area contributed by atoms with Crippen LogP contribution in [0.5, 0.6) is 11.5 Å². The molecular formula is C16H19NO2. The molecule has 0 aromatic heterocycles. The number of nitroso groups, excluding NO2 is 1. The maximum atomic E-state index is 10.7. The van der Waals surface area contributed by atoms with E-state index in [1.54, 1.807) is 6.07 Å². The van der Waals surface area contributed by atoms with Crippen LogP contribution in [-0.4, -0.2) is 0 Å². The second-order valence-corrected chi connectivity index (χ2v) is 3.66. The van der Waals surface area contributed by atoms with Crippen molar-refractivity contribution in [2.45, 2.75) is 27.2 Å². The SMILES string of the molecule is CC.CCc1ccc(N=O)c(Oc2ccccc2)c1. The van der Waals surface area contributed by atoms with Crippen molar-refractivity contribution >= 4 is 5.69 Å². The van der Waals surface area contributed by atoms with Gasteiger partial charge in [-0.25, -0.2) is 0 Å². The summed E-state index contributed by atoms with van der Waals surface area (Å²) in [5.74, 6) is 1.20. The van der Waals surface area contributed by atoms with E-state index in [0.717, 1.165) is 12.0 Å². The molecule has 0 aliphatic carbocycles. The molecule has 0 unspecified atom stereocenters. The highest BCUT2D eigenvalue weighted by atomic mass is 16.5. The van der Waals surface area contributed by atoms with E-state index in [0.29, 0.717) is 17.2 Å². The van der Waals surface area contributed by atoms with Gasteiger partial charge in [0.25, 0.3) is 0 Å². The number of rotatable bonds is 4. The van der Waals surface area contributed by atoms with Crippen molar-refractivity contribution in [3.8, 4) is 11.5 Å². The number of hydrogen-bond donors (Lipinski definition) is 0. The van der Waals surface area contributed by atoms with Crippen LogP contribution in [0.2, 0.25) is 0 Å². The molecule has 2 rings (SSSR count). The molecule has 0 saturated heterocycles. The number of aryl methyl sites for hydroxylation is 1. The fraction of sp³-hybridized carbons (Fsp3) is 0.250. The van der Waals surface area contributed by atoms with Crippen molar-refractivity contribution in [3.05, 3.63) is 59.0 Å². The van der Waals surface area contributed by atoms with E-state index in [1.807, 2.05) is 56.3 Å². The van der Waals surface area contributed by atoms with Gasteiger partial charge in [-0.05, 0) is 41.4 Å². The normalized spacial score (nSPS) is 9.21. The highest BCUT2D eigenvalue weighted by molar-refractivity contribution is 5.54. The molecule has 0 atom stereocenters. The zero-order valence-electron chi connectivity index (χ0n) is 11.6. The Morgan fingerprint density at radius 1 is 1.05 bits per heavy atom. The minimum absolute atomic E-state index is 0.325. The lowest BCUT2D eigenvalue weighted by Gasteiger charge is -2.08. The van der Waals surface area contributed by atoms with Crippen molar-refractivity contribution in [2.24, 2.45) is 5.18 Å². The molecule has 3 heteroatoms. The molecule has 0 aliphatic rings. The predicted molar refractivity (Wildman–Crippen MR) is 79.1 cm³/mol. The monoisotopic (exact) mass is 257 g/mol. The number of ether oxygens (including phenoxy) is 1. The molecule has 0 saturated carbocycles. The molecule has 0 radical (unpaired) electrons. The van der Waals surface area contributed by atoms with Crippen LogP contribution in [-0.2, 0) is 6.42 Å². The molecule has 0 amide bonds. The van der Waals surface area contributed by atoms with Gasteiger partial charge in [0.2, 0.25) is 0 Å². The third-order valence-corrected chi connectivity index (χ3v) is 2.50. The van der Waals surface area contributed by atoms with Gasteiger partial charge in [-0.2, -0.15) is 0 Å². The summed E-state index contributed by atoms with van der Waals surface area (Å²) in [6, 6.07) is 14.8. The summed E-state index contributed by atoms with van der Waals surface area (Å²) in [6.07, 6.45) is 0.893. The van der Waals surface area contributed by atoms with Crippen LogP contribution >= 0.6 is 0 Å². The first-order chi connectivity index (χ1) is 9.33.